The van der Waals surface area contributed by atoms with Crippen molar-refractivity contribution in [3.8, 4) is 0 Å². The van der Waals surface area contributed by atoms with E-state index in [0.29, 0.717) is 5.95 Å². The Balaban J connectivity index is 2.33. The van der Waals surface area contributed by atoms with Gasteiger partial charge in [0, 0.05) is 10.7 Å². The third-order valence-corrected chi connectivity index (χ3v) is 2.61. The van der Waals surface area contributed by atoms with Crippen molar-refractivity contribution >= 4 is 27.5 Å². The van der Waals surface area contributed by atoms with Gasteiger partial charge in [-0.05, 0) is 41.9 Å². The van der Waals surface area contributed by atoms with Crippen LogP contribution in [0.25, 0.3) is 5.65 Å². The fourth-order valence-electron chi connectivity index (χ4n) is 1.25. The second-order valence-corrected chi connectivity index (χ2v) is 5.17. The van der Waals surface area contributed by atoms with Crippen LogP contribution in [0.4, 0.5) is 5.95 Å². The summed E-state index contributed by atoms with van der Waals surface area (Å²) in [5, 5.41) is 16.5. The van der Waals surface area contributed by atoms with Gasteiger partial charge in [0.15, 0.2) is 5.65 Å². The molecule has 2 rings (SSSR count). The number of hydrogen-bond acceptors (Lipinski definition) is 4. The Bertz CT molecular complexity index is 508. The van der Waals surface area contributed by atoms with Crippen LogP contribution in [0.3, 0.4) is 0 Å². The Labute approximate surface area is 102 Å². The van der Waals surface area contributed by atoms with Gasteiger partial charge in [0.05, 0.1) is 12.1 Å². The van der Waals surface area contributed by atoms with E-state index < -0.39 is 5.54 Å². The average molecular weight is 285 g/mol. The highest BCUT2D eigenvalue weighted by molar-refractivity contribution is 9.10. The van der Waals surface area contributed by atoms with Gasteiger partial charge in [-0.25, -0.2) is 4.52 Å². The third kappa shape index (κ3) is 2.33. The molecule has 2 heterocycles. The predicted molar refractivity (Wildman–Crippen MR) is 65.5 cm³/mol. The number of anilines is 1. The predicted octanol–water partition coefficient (Wildman–Crippen LogP) is 1.67. The maximum absolute atomic E-state index is 9.14. The molecule has 0 atom stereocenters. The molecular formula is C10H13BrN4O. The quantitative estimate of drug-likeness (QED) is 0.900. The molecule has 16 heavy (non-hydrogen) atoms. The highest BCUT2D eigenvalue weighted by Crippen LogP contribution is 2.14. The van der Waals surface area contributed by atoms with Crippen LogP contribution in [0.1, 0.15) is 13.8 Å². The summed E-state index contributed by atoms with van der Waals surface area (Å²) in [5.74, 6) is 0.511. The number of aliphatic hydroxyl groups is 1. The summed E-state index contributed by atoms with van der Waals surface area (Å²) in [6.07, 6.45) is 1.83. The van der Waals surface area contributed by atoms with E-state index in [9.17, 15) is 0 Å². The molecule has 6 heteroatoms. The number of aromatic nitrogens is 3. The van der Waals surface area contributed by atoms with Gasteiger partial charge in [-0.1, -0.05) is 0 Å². The fraction of sp³-hybridized carbons (Fsp3) is 0.400. The van der Waals surface area contributed by atoms with Crippen LogP contribution in [-0.4, -0.2) is 31.9 Å². The zero-order valence-electron chi connectivity index (χ0n) is 9.11. The summed E-state index contributed by atoms with van der Waals surface area (Å²) in [4.78, 5) is 4.30. The number of pyridine rings is 1. The molecule has 0 saturated heterocycles. The molecule has 0 aliphatic carbocycles. The molecule has 0 amide bonds. The first kappa shape index (κ1) is 11.3. The topological polar surface area (TPSA) is 62.5 Å². The van der Waals surface area contributed by atoms with Crippen LogP contribution in [0.15, 0.2) is 22.8 Å². The largest absolute Gasteiger partial charge is 0.394 e. The first-order valence-corrected chi connectivity index (χ1v) is 5.70. The highest BCUT2D eigenvalue weighted by Gasteiger charge is 2.18. The van der Waals surface area contributed by atoms with Gasteiger partial charge in [-0.2, -0.15) is 4.98 Å². The van der Waals surface area contributed by atoms with Crippen molar-refractivity contribution in [2.75, 3.05) is 11.9 Å². The van der Waals surface area contributed by atoms with Gasteiger partial charge in [0.25, 0.3) is 0 Å². The number of halogens is 1. The molecule has 0 unspecified atom stereocenters. The number of rotatable bonds is 3. The highest BCUT2D eigenvalue weighted by atomic mass is 79.9. The van der Waals surface area contributed by atoms with Gasteiger partial charge >= 0.3 is 0 Å². The SMILES string of the molecule is CC(C)(CO)Nc1nc2ccc(Br)cn2n1. The number of nitrogens with zero attached hydrogens (tertiary/aromatic N) is 3. The maximum Gasteiger partial charge on any atom is 0.243 e. The molecule has 0 spiro atoms. The molecule has 0 aromatic carbocycles. The molecule has 0 saturated carbocycles. The molecule has 5 nitrogen and oxygen atoms in total. The normalized spacial score (nSPS) is 12.0. The Hall–Kier alpha value is -1.14. The van der Waals surface area contributed by atoms with Gasteiger partial charge in [0.1, 0.15) is 0 Å². The lowest BCUT2D eigenvalue weighted by Gasteiger charge is -2.21. The summed E-state index contributed by atoms with van der Waals surface area (Å²) in [6.45, 7) is 3.79. The molecule has 2 aromatic heterocycles. The molecule has 86 valence electrons. The monoisotopic (exact) mass is 284 g/mol. The summed E-state index contributed by atoms with van der Waals surface area (Å²) in [5.41, 5.74) is 0.335. The first-order valence-electron chi connectivity index (χ1n) is 4.91. The molecular weight excluding hydrogens is 272 g/mol. The minimum Gasteiger partial charge on any atom is -0.394 e. The standard InChI is InChI=1S/C10H13BrN4O/c1-10(2,6-16)13-9-12-8-4-3-7(11)5-15(8)14-9/h3-5,16H,6H2,1-2H3,(H,13,14). The smallest absolute Gasteiger partial charge is 0.243 e. The lowest BCUT2D eigenvalue weighted by Crippen LogP contribution is -2.35. The lowest BCUT2D eigenvalue weighted by molar-refractivity contribution is 0.233. The van der Waals surface area contributed by atoms with Crippen molar-refractivity contribution < 1.29 is 5.11 Å². The van der Waals surface area contributed by atoms with Gasteiger partial charge in [-0.3, -0.25) is 0 Å². The van der Waals surface area contributed by atoms with Gasteiger partial charge < -0.3 is 10.4 Å². The third-order valence-electron chi connectivity index (χ3n) is 2.14. The van der Waals surface area contributed by atoms with Gasteiger partial charge in [-0.15, -0.1) is 5.10 Å². The van der Waals surface area contributed by atoms with Crippen LogP contribution in [0.2, 0.25) is 0 Å². The summed E-state index contributed by atoms with van der Waals surface area (Å²) >= 11 is 3.37. The van der Waals surface area contributed by atoms with E-state index in [2.05, 4.69) is 31.3 Å². The summed E-state index contributed by atoms with van der Waals surface area (Å²) < 4.78 is 2.62. The van der Waals surface area contributed by atoms with Crippen LogP contribution >= 0.6 is 15.9 Å². The van der Waals surface area contributed by atoms with Crippen LogP contribution in [-0.2, 0) is 0 Å². The van der Waals surface area contributed by atoms with Crippen molar-refractivity contribution in [2.45, 2.75) is 19.4 Å². The second kappa shape index (κ2) is 4.03. The van der Waals surface area contributed by atoms with Crippen molar-refractivity contribution in [1.82, 2.24) is 14.6 Å². The number of hydrogen-bond donors (Lipinski definition) is 2. The van der Waals surface area contributed by atoms with Crippen molar-refractivity contribution in [3.05, 3.63) is 22.8 Å². The fourth-order valence-corrected chi connectivity index (χ4v) is 1.58. The zero-order chi connectivity index (χ0) is 11.8. The minimum absolute atomic E-state index is 0.0201. The van der Waals surface area contributed by atoms with Crippen molar-refractivity contribution in [3.63, 3.8) is 0 Å². The first-order chi connectivity index (χ1) is 7.50. The molecule has 0 fully saturated rings. The molecule has 0 bridgehead atoms. The van der Waals surface area contributed by atoms with E-state index >= 15 is 0 Å². The second-order valence-electron chi connectivity index (χ2n) is 4.25. The van der Waals surface area contributed by atoms with Crippen LogP contribution < -0.4 is 5.32 Å². The molecule has 0 aliphatic heterocycles. The zero-order valence-corrected chi connectivity index (χ0v) is 10.7. The van der Waals surface area contributed by atoms with Crippen LogP contribution in [0, 0.1) is 0 Å². The summed E-state index contributed by atoms with van der Waals surface area (Å²) in [6, 6.07) is 3.78. The van der Waals surface area contributed by atoms with E-state index in [-0.39, 0.29) is 6.61 Å². The molecule has 0 aliphatic rings. The van der Waals surface area contributed by atoms with Gasteiger partial charge in [0.2, 0.25) is 5.95 Å². The minimum atomic E-state index is -0.428. The molecule has 0 radical (unpaired) electrons. The molecule has 2 N–H and O–H groups in total. The Morgan fingerprint density at radius 2 is 2.25 bits per heavy atom. The van der Waals surface area contributed by atoms with Crippen molar-refractivity contribution in [2.24, 2.45) is 0 Å². The molecule has 2 aromatic rings. The lowest BCUT2D eigenvalue weighted by atomic mass is 10.1. The van der Waals surface area contributed by atoms with E-state index in [1.165, 1.54) is 0 Å². The van der Waals surface area contributed by atoms with E-state index in [1.807, 2.05) is 32.2 Å². The number of nitrogens with one attached hydrogen (secondary N) is 1. The average Bonchev–Trinajstić information content (AvgIpc) is 2.58. The Morgan fingerprint density at radius 1 is 1.50 bits per heavy atom. The van der Waals surface area contributed by atoms with Crippen LogP contribution in [0.5, 0.6) is 0 Å². The Kier molecular flexibility index (Phi) is 2.86. The Morgan fingerprint density at radius 3 is 2.94 bits per heavy atom. The number of fused-ring (bicyclic) bond motifs is 1. The van der Waals surface area contributed by atoms with Crippen molar-refractivity contribution in [1.29, 1.82) is 0 Å². The maximum atomic E-state index is 9.14. The van der Waals surface area contributed by atoms with E-state index in [0.717, 1.165) is 10.1 Å². The van der Waals surface area contributed by atoms with E-state index in [1.54, 1.807) is 4.52 Å². The number of aliphatic hydroxyl groups excluding tert-OH is 1. The summed E-state index contributed by atoms with van der Waals surface area (Å²) in [7, 11) is 0. The van der Waals surface area contributed by atoms with E-state index in [4.69, 9.17) is 5.11 Å².